The zero-order valence-corrected chi connectivity index (χ0v) is 13.6. The molecule has 0 saturated heterocycles. The van der Waals surface area contributed by atoms with Crippen LogP contribution in [0.2, 0.25) is 0 Å². The quantitative estimate of drug-likeness (QED) is 0.742. The van der Waals surface area contributed by atoms with E-state index in [2.05, 4.69) is 0 Å². The zero-order chi connectivity index (χ0) is 20.3. The minimum atomic E-state index is -6.93. The van der Waals surface area contributed by atoms with Gasteiger partial charge in [-0.05, 0) is 18.2 Å². The average Bonchev–Trinajstić information content (AvgIpc) is 2.43. The van der Waals surface area contributed by atoms with Crippen molar-refractivity contribution in [2.24, 2.45) is 0 Å². The van der Waals surface area contributed by atoms with Gasteiger partial charge in [-0.1, -0.05) is 0 Å². The normalized spacial score (nSPS) is 18.2. The van der Waals surface area contributed by atoms with Crippen molar-refractivity contribution >= 4 is 31.3 Å². The smallest absolute Gasteiger partial charge is 0.324 e. The second-order valence-electron chi connectivity index (χ2n) is 5.06. The largest absolute Gasteiger partial charge is 0.461 e. The lowest BCUT2D eigenvalue weighted by atomic mass is 10.3. The second kappa shape index (κ2) is 5.55. The Morgan fingerprint density at radius 3 is 2.04 bits per heavy atom. The van der Waals surface area contributed by atoms with Gasteiger partial charge >= 0.3 is 17.4 Å². The van der Waals surface area contributed by atoms with E-state index in [9.17, 15) is 52.4 Å². The highest BCUT2D eigenvalue weighted by molar-refractivity contribution is 7.93. The summed E-state index contributed by atoms with van der Waals surface area (Å²) in [7, 11) is -10.9. The van der Waals surface area contributed by atoms with Crippen molar-refractivity contribution in [1.29, 1.82) is 0 Å². The highest BCUT2D eigenvalue weighted by Crippen LogP contribution is 2.51. The number of hydrogen-bond donors (Lipinski definition) is 1. The van der Waals surface area contributed by atoms with Gasteiger partial charge in [-0.2, -0.15) is 30.7 Å². The Balaban J connectivity index is 2.65. The Morgan fingerprint density at radius 1 is 1.00 bits per heavy atom. The highest BCUT2D eigenvalue weighted by Gasteiger charge is 2.78. The number of benzene rings is 1. The zero-order valence-electron chi connectivity index (χ0n) is 11.9. The molecule has 0 spiro atoms. The third kappa shape index (κ3) is 2.82. The molecule has 15 heteroatoms. The number of nitrogens with one attached hydrogen (secondary N) is 1. The Kier molecular flexibility index (Phi) is 4.35. The molecule has 0 fully saturated rings. The minimum absolute atomic E-state index is 0.0691. The van der Waals surface area contributed by atoms with Crippen molar-refractivity contribution in [3.8, 4) is 0 Å². The molecule has 1 aliphatic heterocycles. The van der Waals surface area contributed by atoms with Crippen LogP contribution >= 0.6 is 0 Å². The lowest BCUT2D eigenvalue weighted by Gasteiger charge is -2.28. The van der Waals surface area contributed by atoms with Crippen LogP contribution in [0, 0.1) is 0 Å². The molecule has 26 heavy (non-hydrogen) atoms. The average molecular weight is 429 g/mol. The summed E-state index contributed by atoms with van der Waals surface area (Å²) in [6.07, 6.45) is -6.88. The van der Waals surface area contributed by atoms with Crippen LogP contribution in [0.25, 0.3) is 0 Å². The monoisotopic (exact) mass is 429 g/mol. The van der Waals surface area contributed by atoms with Crippen molar-refractivity contribution in [1.82, 2.24) is 0 Å². The molecule has 6 nitrogen and oxygen atoms in total. The molecule has 1 aliphatic rings. The SMILES string of the molecule is O=C1CS(=O)(=O)c2ccc(S(=O)(=O)C(F)(F)C(F)(F)C(F)(F)F)cc2N1. The molecule has 1 heterocycles. The summed E-state index contributed by atoms with van der Waals surface area (Å²) in [4.78, 5) is 8.79. The fraction of sp³-hybridized carbons (Fsp3) is 0.364. The van der Waals surface area contributed by atoms with Gasteiger partial charge in [-0.15, -0.1) is 0 Å². The third-order valence-electron chi connectivity index (χ3n) is 3.25. The Hall–Kier alpha value is -1.90. The van der Waals surface area contributed by atoms with E-state index in [1.165, 1.54) is 0 Å². The van der Waals surface area contributed by atoms with Crippen LogP contribution in [0.4, 0.5) is 36.4 Å². The van der Waals surface area contributed by atoms with Gasteiger partial charge in [0.05, 0.1) is 15.5 Å². The van der Waals surface area contributed by atoms with Crippen LogP contribution in [0.15, 0.2) is 28.0 Å². The van der Waals surface area contributed by atoms with Crippen LogP contribution < -0.4 is 5.32 Å². The predicted molar refractivity (Wildman–Crippen MR) is 70.3 cm³/mol. The van der Waals surface area contributed by atoms with E-state index in [1.54, 1.807) is 0 Å². The molecule has 1 amide bonds. The molecule has 0 atom stereocenters. The number of halogens is 7. The number of carbonyl (C=O) groups excluding carboxylic acids is 1. The minimum Gasteiger partial charge on any atom is -0.324 e. The fourth-order valence-electron chi connectivity index (χ4n) is 1.96. The number of alkyl halides is 7. The molecule has 2 rings (SSSR count). The molecule has 1 aromatic carbocycles. The number of carbonyl (C=O) groups is 1. The molecular formula is C11H6F7NO5S2. The molecule has 0 aromatic heterocycles. The summed E-state index contributed by atoms with van der Waals surface area (Å²) in [6, 6.07) is 0.599. The summed E-state index contributed by atoms with van der Waals surface area (Å²) in [5, 5.41) is -4.78. The maximum absolute atomic E-state index is 13.6. The topological polar surface area (TPSA) is 97.4 Å². The maximum atomic E-state index is 13.6. The van der Waals surface area contributed by atoms with E-state index < -0.39 is 64.2 Å². The van der Waals surface area contributed by atoms with Crippen molar-refractivity contribution < 1.29 is 52.4 Å². The number of anilines is 1. The lowest BCUT2D eigenvalue weighted by molar-refractivity contribution is -0.332. The van der Waals surface area contributed by atoms with E-state index >= 15 is 0 Å². The number of fused-ring (bicyclic) bond motifs is 1. The number of hydrogen-bond acceptors (Lipinski definition) is 5. The Bertz CT molecular complexity index is 983. The van der Waals surface area contributed by atoms with Crippen LogP contribution in [-0.4, -0.2) is 45.8 Å². The standard InChI is InChI=1S/C11H6F7NO5S2/c12-9(13,10(14,15)16)11(17,18)26(23,24)5-1-2-7-6(3-5)19-8(20)4-25(7,21)22/h1-3H,4H2,(H,19,20). The van der Waals surface area contributed by atoms with Gasteiger partial charge < -0.3 is 5.32 Å². The van der Waals surface area contributed by atoms with E-state index in [0.717, 1.165) is 0 Å². The molecule has 0 radical (unpaired) electrons. The van der Waals surface area contributed by atoms with Gasteiger partial charge in [0, 0.05) is 0 Å². The summed E-state index contributed by atoms with van der Waals surface area (Å²) in [6.45, 7) is 0. The molecule has 146 valence electrons. The summed E-state index contributed by atoms with van der Waals surface area (Å²) < 4.78 is 136. The summed E-state index contributed by atoms with van der Waals surface area (Å²) in [5.74, 6) is -9.15. The molecule has 0 bridgehead atoms. The summed E-state index contributed by atoms with van der Waals surface area (Å²) in [5.41, 5.74) is -0.839. The van der Waals surface area contributed by atoms with Crippen LogP contribution in [0.3, 0.4) is 0 Å². The van der Waals surface area contributed by atoms with Gasteiger partial charge in [0.15, 0.2) is 9.84 Å². The number of sulfone groups is 2. The molecule has 0 saturated carbocycles. The van der Waals surface area contributed by atoms with Crippen LogP contribution in [0.5, 0.6) is 0 Å². The first-order chi connectivity index (χ1) is 11.4. The highest BCUT2D eigenvalue weighted by atomic mass is 32.2. The third-order valence-corrected chi connectivity index (χ3v) is 6.72. The van der Waals surface area contributed by atoms with E-state index in [-0.39, 0.29) is 12.1 Å². The van der Waals surface area contributed by atoms with Crippen molar-refractivity contribution in [2.45, 2.75) is 27.1 Å². The van der Waals surface area contributed by atoms with E-state index in [4.69, 9.17) is 0 Å². The van der Waals surface area contributed by atoms with E-state index in [0.29, 0.717) is 6.07 Å². The van der Waals surface area contributed by atoms with Crippen LogP contribution in [0.1, 0.15) is 0 Å². The fourth-order valence-corrected chi connectivity index (χ4v) is 4.53. The molecule has 0 aliphatic carbocycles. The first kappa shape index (κ1) is 20.4. The first-order valence-corrected chi connectivity index (χ1v) is 9.32. The number of amides is 1. The van der Waals surface area contributed by atoms with Gasteiger partial charge in [0.25, 0.3) is 0 Å². The molecule has 1 N–H and O–H groups in total. The molecule has 1 aromatic rings. The number of rotatable bonds is 3. The van der Waals surface area contributed by atoms with Gasteiger partial charge in [-0.25, -0.2) is 16.8 Å². The maximum Gasteiger partial charge on any atom is 0.461 e. The van der Waals surface area contributed by atoms with Gasteiger partial charge in [0.2, 0.25) is 15.7 Å². The van der Waals surface area contributed by atoms with Gasteiger partial charge in [0.1, 0.15) is 5.75 Å². The summed E-state index contributed by atoms with van der Waals surface area (Å²) >= 11 is 0. The van der Waals surface area contributed by atoms with Crippen molar-refractivity contribution in [2.75, 3.05) is 11.1 Å². The Morgan fingerprint density at radius 2 is 1.54 bits per heavy atom. The lowest BCUT2D eigenvalue weighted by Crippen LogP contribution is -2.55. The van der Waals surface area contributed by atoms with Crippen molar-refractivity contribution in [3.63, 3.8) is 0 Å². The predicted octanol–water partition coefficient (Wildman–Crippen LogP) is 1.98. The first-order valence-electron chi connectivity index (χ1n) is 6.19. The van der Waals surface area contributed by atoms with E-state index in [1.807, 2.05) is 5.32 Å². The molecular weight excluding hydrogens is 423 g/mol. The van der Waals surface area contributed by atoms with Crippen LogP contribution in [-0.2, 0) is 24.5 Å². The van der Waals surface area contributed by atoms with Crippen molar-refractivity contribution in [3.05, 3.63) is 18.2 Å². The molecule has 0 unspecified atom stereocenters. The second-order valence-corrected chi connectivity index (χ2v) is 9.01. The van der Waals surface area contributed by atoms with Gasteiger partial charge in [-0.3, -0.25) is 4.79 Å². The Labute approximate surface area is 140 Å².